The third kappa shape index (κ3) is 2.84. The van der Waals surface area contributed by atoms with E-state index in [2.05, 4.69) is 35.6 Å². The Morgan fingerprint density at radius 2 is 1.90 bits per heavy atom. The summed E-state index contributed by atoms with van der Waals surface area (Å²) in [5.74, 6) is 0. The lowest BCUT2D eigenvalue weighted by Gasteiger charge is -2.27. The Morgan fingerprint density at radius 3 is 2.70 bits per heavy atom. The molecule has 1 atom stereocenters. The molecule has 2 aromatic rings. The highest BCUT2D eigenvalue weighted by molar-refractivity contribution is 5.48. The summed E-state index contributed by atoms with van der Waals surface area (Å²) in [5.41, 5.74) is 4.81. The molecule has 0 amide bonds. The van der Waals surface area contributed by atoms with Crippen LogP contribution < -0.4 is 5.32 Å². The van der Waals surface area contributed by atoms with E-state index in [9.17, 15) is 0 Å². The lowest BCUT2D eigenvalue weighted by Crippen LogP contribution is -2.23. The number of hydrogen-bond acceptors (Lipinski definition) is 3. The van der Waals surface area contributed by atoms with Crippen LogP contribution in [0.4, 0.5) is 5.69 Å². The van der Waals surface area contributed by atoms with Crippen molar-refractivity contribution in [1.29, 1.82) is 0 Å². The van der Waals surface area contributed by atoms with E-state index in [1.54, 1.807) is 0 Å². The molecule has 1 heterocycles. The minimum absolute atomic E-state index is 0.191. The molecule has 0 saturated heterocycles. The molecule has 0 bridgehead atoms. The Balaban J connectivity index is 1.75. The third-order valence-corrected chi connectivity index (χ3v) is 3.67. The number of nitrogens with one attached hydrogen (secondary N) is 1. The predicted octanol–water partition coefficient (Wildman–Crippen LogP) is 2.90. The summed E-state index contributed by atoms with van der Waals surface area (Å²) in [5, 5.41) is 12.4. The number of hydrogen-bond donors (Lipinski definition) is 2. The molecule has 1 aliphatic heterocycles. The zero-order valence-corrected chi connectivity index (χ0v) is 11.4. The molecule has 0 spiro atoms. The van der Waals surface area contributed by atoms with Gasteiger partial charge in [0.25, 0.3) is 0 Å². The summed E-state index contributed by atoms with van der Waals surface area (Å²) in [6.07, 6.45) is 0.704. The molecule has 3 nitrogen and oxygen atoms in total. The number of aliphatic hydroxyl groups excluding tert-OH is 1. The van der Waals surface area contributed by atoms with Gasteiger partial charge in [-0.1, -0.05) is 36.4 Å². The standard InChI is InChI=1S/C17H19NO2/c19-10-9-13-5-7-15(8-6-13)18-17-12-20-11-14-3-1-2-4-16(14)17/h1-8,17-19H,9-12H2. The molecular weight excluding hydrogens is 250 g/mol. The van der Waals surface area contributed by atoms with Crippen molar-refractivity contribution in [2.45, 2.75) is 19.1 Å². The van der Waals surface area contributed by atoms with E-state index in [0.717, 1.165) is 11.3 Å². The van der Waals surface area contributed by atoms with Crippen molar-refractivity contribution >= 4 is 5.69 Å². The Hall–Kier alpha value is -1.84. The van der Waals surface area contributed by atoms with Crippen LogP contribution in [-0.2, 0) is 17.8 Å². The van der Waals surface area contributed by atoms with Crippen LogP contribution in [0, 0.1) is 0 Å². The van der Waals surface area contributed by atoms with Gasteiger partial charge in [0.2, 0.25) is 0 Å². The van der Waals surface area contributed by atoms with Gasteiger partial charge in [0.05, 0.1) is 19.3 Å². The van der Waals surface area contributed by atoms with Gasteiger partial charge in [-0.3, -0.25) is 0 Å². The molecule has 1 unspecified atom stereocenters. The van der Waals surface area contributed by atoms with Crippen molar-refractivity contribution < 1.29 is 9.84 Å². The summed E-state index contributed by atoms with van der Waals surface area (Å²) >= 11 is 0. The highest BCUT2D eigenvalue weighted by Crippen LogP contribution is 2.27. The minimum atomic E-state index is 0.191. The largest absolute Gasteiger partial charge is 0.396 e. The number of ether oxygens (including phenoxy) is 1. The van der Waals surface area contributed by atoms with Crippen LogP contribution in [0.5, 0.6) is 0 Å². The maximum absolute atomic E-state index is 8.93. The normalized spacial score (nSPS) is 17.6. The summed E-state index contributed by atoms with van der Waals surface area (Å²) in [6, 6.07) is 16.8. The minimum Gasteiger partial charge on any atom is -0.396 e. The first-order valence-corrected chi connectivity index (χ1v) is 6.99. The van der Waals surface area contributed by atoms with Gasteiger partial charge >= 0.3 is 0 Å². The van der Waals surface area contributed by atoms with E-state index in [1.807, 2.05) is 18.2 Å². The first-order valence-electron chi connectivity index (χ1n) is 6.99. The highest BCUT2D eigenvalue weighted by atomic mass is 16.5. The van der Waals surface area contributed by atoms with E-state index in [1.165, 1.54) is 11.1 Å². The van der Waals surface area contributed by atoms with Gasteiger partial charge in [0.1, 0.15) is 0 Å². The molecule has 20 heavy (non-hydrogen) atoms. The van der Waals surface area contributed by atoms with Crippen LogP contribution in [0.2, 0.25) is 0 Å². The van der Waals surface area contributed by atoms with Gasteiger partial charge in [0.15, 0.2) is 0 Å². The number of fused-ring (bicyclic) bond motifs is 1. The first-order chi connectivity index (χ1) is 9.86. The summed E-state index contributed by atoms with van der Waals surface area (Å²) < 4.78 is 5.65. The Kier molecular flexibility index (Phi) is 4.00. The smallest absolute Gasteiger partial charge is 0.0751 e. The van der Waals surface area contributed by atoms with Crippen LogP contribution in [-0.4, -0.2) is 18.3 Å². The fourth-order valence-electron chi connectivity index (χ4n) is 2.60. The van der Waals surface area contributed by atoms with Crippen LogP contribution in [0.3, 0.4) is 0 Å². The number of anilines is 1. The number of aliphatic hydroxyl groups is 1. The fourth-order valence-corrected chi connectivity index (χ4v) is 2.60. The summed E-state index contributed by atoms with van der Waals surface area (Å²) in [4.78, 5) is 0. The molecule has 0 radical (unpaired) electrons. The van der Waals surface area contributed by atoms with Crippen molar-refractivity contribution in [1.82, 2.24) is 0 Å². The molecule has 0 saturated carbocycles. The molecule has 2 aromatic carbocycles. The van der Waals surface area contributed by atoms with Crippen LogP contribution in [0.25, 0.3) is 0 Å². The molecule has 3 heteroatoms. The molecular formula is C17H19NO2. The highest BCUT2D eigenvalue weighted by Gasteiger charge is 2.19. The monoisotopic (exact) mass is 269 g/mol. The Labute approximate surface area is 119 Å². The topological polar surface area (TPSA) is 41.5 Å². The lowest BCUT2D eigenvalue weighted by molar-refractivity contribution is 0.0970. The molecule has 3 rings (SSSR count). The predicted molar refractivity (Wildman–Crippen MR) is 79.7 cm³/mol. The van der Waals surface area contributed by atoms with Gasteiger partial charge in [-0.15, -0.1) is 0 Å². The van der Waals surface area contributed by atoms with Gasteiger partial charge in [-0.25, -0.2) is 0 Å². The zero-order valence-electron chi connectivity index (χ0n) is 11.4. The number of benzene rings is 2. The van der Waals surface area contributed by atoms with Crippen LogP contribution >= 0.6 is 0 Å². The van der Waals surface area contributed by atoms with Crippen molar-refractivity contribution in [2.24, 2.45) is 0 Å². The summed E-state index contributed by atoms with van der Waals surface area (Å²) in [6.45, 7) is 1.58. The van der Waals surface area contributed by atoms with E-state index in [4.69, 9.17) is 9.84 Å². The van der Waals surface area contributed by atoms with Crippen molar-refractivity contribution in [3.05, 3.63) is 65.2 Å². The maximum Gasteiger partial charge on any atom is 0.0751 e. The quantitative estimate of drug-likeness (QED) is 0.896. The van der Waals surface area contributed by atoms with Gasteiger partial charge in [-0.2, -0.15) is 0 Å². The second-order valence-corrected chi connectivity index (χ2v) is 5.08. The average molecular weight is 269 g/mol. The molecule has 0 fully saturated rings. The van der Waals surface area contributed by atoms with Crippen LogP contribution in [0.15, 0.2) is 48.5 Å². The van der Waals surface area contributed by atoms with Crippen molar-refractivity contribution in [3.8, 4) is 0 Å². The van der Waals surface area contributed by atoms with E-state index < -0.39 is 0 Å². The molecule has 0 aromatic heterocycles. The zero-order chi connectivity index (χ0) is 13.8. The molecule has 0 aliphatic carbocycles. The van der Waals surface area contributed by atoms with Gasteiger partial charge in [-0.05, 0) is 35.2 Å². The fraction of sp³-hybridized carbons (Fsp3) is 0.294. The first kappa shape index (κ1) is 13.2. The molecule has 2 N–H and O–H groups in total. The van der Waals surface area contributed by atoms with Gasteiger partial charge < -0.3 is 15.2 Å². The maximum atomic E-state index is 8.93. The van der Waals surface area contributed by atoms with E-state index in [-0.39, 0.29) is 12.6 Å². The SMILES string of the molecule is OCCc1ccc(NC2COCc3ccccc32)cc1. The van der Waals surface area contributed by atoms with Gasteiger partial charge in [0, 0.05) is 12.3 Å². The second kappa shape index (κ2) is 6.07. The number of rotatable bonds is 4. The van der Waals surface area contributed by atoms with E-state index >= 15 is 0 Å². The molecule has 104 valence electrons. The Bertz CT molecular complexity index is 565. The van der Waals surface area contributed by atoms with E-state index in [0.29, 0.717) is 19.6 Å². The average Bonchev–Trinajstić information content (AvgIpc) is 2.50. The summed E-state index contributed by atoms with van der Waals surface area (Å²) in [7, 11) is 0. The van der Waals surface area contributed by atoms with Crippen molar-refractivity contribution in [3.63, 3.8) is 0 Å². The molecule has 1 aliphatic rings. The van der Waals surface area contributed by atoms with Crippen LogP contribution in [0.1, 0.15) is 22.7 Å². The lowest BCUT2D eigenvalue weighted by atomic mass is 9.99. The second-order valence-electron chi connectivity index (χ2n) is 5.08. The van der Waals surface area contributed by atoms with Crippen molar-refractivity contribution in [2.75, 3.05) is 18.5 Å². The third-order valence-electron chi connectivity index (χ3n) is 3.67. The Morgan fingerprint density at radius 1 is 1.10 bits per heavy atom.